The van der Waals surface area contributed by atoms with E-state index in [9.17, 15) is 4.79 Å². The lowest BCUT2D eigenvalue weighted by Gasteiger charge is -2.29. The van der Waals surface area contributed by atoms with Gasteiger partial charge in [0.15, 0.2) is 0 Å². The van der Waals surface area contributed by atoms with Crippen molar-refractivity contribution in [3.63, 3.8) is 0 Å². The predicted molar refractivity (Wildman–Crippen MR) is 112 cm³/mol. The summed E-state index contributed by atoms with van der Waals surface area (Å²) in [4.78, 5) is 24.2. The maximum atomic E-state index is 12.9. The number of benzene rings is 2. The molecule has 1 aliphatic rings. The van der Waals surface area contributed by atoms with Gasteiger partial charge in [0.05, 0.1) is 0 Å². The van der Waals surface area contributed by atoms with Gasteiger partial charge in [-0.1, -0.05) is 42.5 Å². The monoisotopic (exact) mass is 372 g/mol. The molecule has 0 saturated carbocycles. The molecule has 0 unspecified atom stereocenters. The molecule has 28 heavy (non-hydrogen) atoms. The number of anilines is 2. The summed E-state index contributed by atoms with van der Waals surface area (Å²) in [5.74, 6) is 0.405. The molecule has 142 valence electrons. The Morgan fingerprint density at radius 2 is 1.68 bits per heavy atom. The van der Waals surface area contributed by atoms with Crippen LogP contribution < -0.4 is 10.2 Å². The largest absolute Gasteiger partial charge is 0.336 e. The van der Waals surface area contributed by atoms with Crippen molar-refractivity contribution in [3.8, 4) is 0 Å². The van der Waals surface area contributed by atoms with Crippen LogP contribution in [0.4, 0.5) is 11.6 Å². The number of fused-ring (bicyclic) bond motifs is 1. The fraction of sp³-hybridized carbons (Fsp3) is 0.261. The molecule has 4 rings (SSSR count). The molecule has 1 amide bonds. The van der Waals surface area contributed by atoms with Gasteiger partial charge >= 0.3 is 0 Å². The minimum absolute atomic E-state index is 0.207. The van der Waals surface area contributed by atoms with Crippen molar-refractivity contribution in [2.24, 2.45) is 0 Å². The number of hydrogen-bond acceptors (Lipinski definition) is 4. The Morgan fingerprint density at radius 1 is 0.964 bits per heavy atom. The van der Waals surface area contributed by atoms with Crippen LogP contribution in [0.2, 0.25) is 0 Å². The van der Waals surface area contributed by atoms with Crippen LogP contribution >= 0.6 is 0 Å². The first-order valence-electron chi connectivity index (χ1n) is 9.56. The van der Waals surface area contributed by atoms with Gasteiger partial charge < -0.3 is 10.2 Å². The van der Waals surface area contributed by atoms with Crippen molar-refractivity contribution in [3.05, 3.63) is 82.2 Å². The number of hydrogen-bond donors (Lipinski definition) is 1. The third kappa shape index (κ3) is 3.60. The molecule has 5 nitrogen and oxygen atoms in total. The summed E-state index contributed by atoms with van der Waals surface area (Å²) >= 11 is 0. The zero-order chi connectivity index (χ0) is 19.7. The first-order chi connectivity index (χ1) is 13.5. The topological polar surface area (TPSA) is 58.1 Å². The van der Waals surface area contributed by atoms with Crippen LogP contribution in [0.3, 0.4) is 0 Å². The van der Waals surface area contributed by atoms with Crippen LogP contribution in [0.15, 0.2) is 48.5 Å². The highest BCUT2D eigenvalue weighted by Gasteiger charge is 2.20. The van der Waals surface area contributed by atoms with Crippen LogP contribution in [-0.4, -0.2) is 22.4 Å². The van der Waals surface area contributed by atoms with E-state index in [-0.39, 0.29) is 5.91 Å². The second-order valence-corrected chi connectivity index (χ2v) is 7.36. The molecule has 2 heterocycles. The van der Waals surface area contributed by atoms with E-state index in [0.29, 0.717) is 11.6 Å². The van der Waals surface area contributed by atoms with Crippen LogP contribution in [0.25, 0.3) is 0 Å². The Balaban J connectivity index is 1.60. The van der Waals surface area contributed by atoms with Gasteiger partial charge in [0.1, 0.15) is 5.69 Å². The van der Waals surface area contributed by atoms with E-state index in [1.54, 1.807) is 6.07 Å². The third-order valence-corrected chi connectivity index (χ3v) is 5.21. The number of aryl methyl sites for hydroxylation is 3. The van der Waals surface area contributed by atoms with E-state index in [0.717, 1.165) is 42.0 Å². The number of amides is 1. The Bertz CT molecular complexity index is 1020. The van der Waals surface area contributed by atoms with E-state index in [4.69, 9.17) is 0 Å². The highest BCUT2D eigenvalue weighted by molar-refractivity contribution is 6.04. The molecule has 0 saturated heterocycles. The first kappa shape index (κ1) is 18.2. The Labute approximate surface area is 165 Å². The fourth-order valence-electron chi connectivity index (χ4n) is 3.67. The fourth-order valence-corrected chi connectivity index (χ4v) is 3.67. The highest BCUT2D eigenvalue weighted by Crippen LogP contribution is 2.23. The van der Waals surface area contributed by atoms with Gasteiger partial charge in [-0.3, -0.25) is 4.79 Å². The van der Waals surface area contributed by atoms with Gasteiger partial charge in [0, 0.05) is 24.5 Å². The average Bonchev–Trinajstić information content (AvgIpc) is 2.70. The normalized spacial score (nSPS) is 13.2. The number of carbonyl (C=O) groups is 1. The summed E-state index contributed by atoms with van der Waals surface area (Å²) in [6, 6.07) is 16.2. The highest BCUT2D eigenvalue weighted by atomic mass is 16.1. The van der Waals surface area contributed by atoms with Crippen molar-refractivity contribution in [1.29, 1.82) is 0 Å². The SMILES string of the molecule is Cc1cc(C(=O)Nc2c(C)cccc2C)nc(N2CCc3ccccc3C2)n1. The van der Waals surface area contributed by atoms with Crippen molar-refractivity contribution in [1.82, 2.24) is 9.97 Å². The zero-order valence-corrected chi connectivity index (χ0v) is 16.5. The Morgan fingerprint density at radius 3 is 2.43 bits per heavy atom. The molecule has 0 fully saturated rings. The van der Waals surface area contributed by atoms with E-state index < -0.39 is 0 Å². The quantitative estimate of drug-likeness (QED) is 0.748. The van der Waals surface area contributed by atoms with Gasteiger partial charge in [-0.15, -0.1) is 0 Å². The number of carbonyl (C=O) groups excluding carboxylic acids is 1. The van der Waals surface area contributed by atoms with Gasteiger partial charge in [0.25, 0.3) is 5.91 Å². The summed E-state index contributed by atoms with van der Waals surface area (Å²) in [6.07, 6.45) is 0.956. The van der Waals surface area contributed by atoms with E-state index in [1.807, 2.05) is 39.0 Å². The summed E-state index contributed by atoms with van der Waals surface area (Å²) in [6.45, 7) is 7.49. The Hall–Kier alpha value is -3.21. The summed E-state index contributed by atoms with van der Waals surface area (Å²) in [5.41, 5.74) is 6.76. The summed E-state index contributed by atoms with van der Waals surface area (Å²) in [7, 11) is 0. The van der Waals surface area contributed by atoms with Gasteiger partial charge in [-0.05, 0) is 55.5 Å². The van der Waals surface area contributed by atoms with Gasteiger partial charge in [-0.2, -0.15) is 0 Å². The van der Waals surface area contributed by atoms with Gasteiger partial charge in [-0.25, -0.2) is 9.97 Å². The molecule has 0 atom stereocenters. The smallest absolute Gasteiger partial charge is 0.274 e. The molecular formula is C23H24N4O. The van der Waals surface area contributed by atoms with Crippen molar-refractivity contribution >= 4 is 17.5 Å². The molecule has 0 aliphatic carbocycles. The predicted octanol–water partition coefficient (Wildman–Crippen LogP) is 4.22. The molecule has 2 aromatic carbocycles. The van der Waals surface area contributed by atoms with E-state index in [2.05, 4.69) is 44.5 Å². The molecule has 1 N–H and O–H groups in total. The van der Waals surface area contributed by atoms with Crippen LogP contribution in [0, 0.1) is 20.8 Å². The first-order valence-corrected chi connectivity index (χ1v) is 9.56. The molecule has 1 aliphatic heterocycles. The minimum atomic E-state index is -0.207. The number of rotatable bonds is 3. The van der Waals surface area contributed by atoms with Crippen LogP contribution in [0.5, 0.6) is 0 Å². The molecular weight excluding hydrogens is 348 g/mol. The lowest BCUT2D eigenvalue weighted by Crippen LogP contribution is -2.32. The molecule has 0 spiro atoms. The van der Waals surface area contributed by atoms with Crippen molar-refractivity contribution in [2.75, 3.05) is 16.8 Å². The lowest BCUT2D eigenvalue weighted by atomic mass is 10.0. The van der Waals surface area contributed by atoms with E-state index >= 15 is 0 Å². The maximum Gasteiger partial charge on any atom is 0.274 e. The van der Waals surface area contributed by atoms with Crippen LogP contribution in [0.1, 0.15) is 38.4 Å². The average molecular weight is 372 g/mol. The maximum absolute atomic E-state index is 12.9. The van der Waals surface area contributed by atoms with E-state index in [1.165, 1.54) is 11.1 Å². The number of para-hydroxylation sites is 1. The number of nitrogens with zero attached hydrogens (tertiary/aromatic N) is 3. The van der Waals surface area contributed by atoms with Crippen LogP contribution in [-0.2, 0) is 13.0 Å². The van der Waals surface area contributed by atoms with Crippen molar-refractivity contribution in [2.45, 2.75) is 33.7 Å². The number of aromatic nitrogens is 2. The zero-order valence-electron chi connectivity index (χ0n) is 16.5. The second-order valence-electron chi connectivity index (χ2n) is 7.36. The Kier molecular flexibility index (Phi) is 4.82. The second kappa shape index (κ2) is 7.43. The molecule has 0 bridgehead atoms. The van der Waals surface area contributed by atoms with Crippen molar-refractivity contribution < 1.29 is 4.79 Å². The third-order valence-electron chi connectivity index (χ3n) is 5.21. The summed E-state index contributed by atoms with van der Waals surface area (Å²) < 4.78 is 0. The molecule has 5 heteroatoms. The minimum Gasteiger partial charge on any atom is -0.336 e. The van der Waals surface area contributed by atoms with Gasteiger partial charge in [0.2, 0.25) is 5.95 Å². The molecule has 3 aromatic rings. The summed E-state index contributed by atoms with van der Waals surface area (Å²) in [5, 5.41) is 3.02. The molecule has 1 aromatic heterocycles. The molecule has 0 radical (unpaired) electrons. The number of nitrogens with one attached hydrogen (secondary N) is 1. The standard InChI is InChI=1S/C23H24N4O/c1-15-7-6-8-16(2)21(15)26-22(28)20-13-17(3)24-23(25-20)27-12-11-18-9-4-5-10-19(18)14-27/h4-10,13H,11-12,14H2,1-3H3,(H,26,28). The lowest BCUT2D eigenvalue weighted by molar-refractivity contribution is 0.102.